The second-order valence-corrected chi connectivity index (χ2v) is 7.72. The van der Waals surface area contributed by atoms with E-state index >= 15 is 0 Å². The third-order valence-corrected chi connectivity index (χ3v) is 5.66. The summed E-state index contributed by atoms with van der Waals surface area (Å²) in [5.41, 5.74) is 1.22. The number of esters is 1. The van der Waals surface area contributed by atoms with Crippen LogP contribution in [-0.4, -0.2) is 23.9 Å². The zero-order chi connectivity index (χ0) is 20.3. The van der Waals surface area contributed by atoms with E-state index in [2.05, 4.69) is 10.6 Å². The molecule has 6 nitrogen and oxygen atoms in total. The zero-order valence-corrected chi connectivity index (χ0v) is 16.5. The van der Waals surface area contributed by atoms with Crippen LogP contribution in [0.3, 0.4) is 0 Å². The number of ether oxygens (including phenoxy) is 1. The first-order valence-electron chi connectivity index (χ1n) is 9.05. The Labute approximate surface area is 166 Å². The molecule has 1 aromatic heterocycles. The number of amides is 2. The standard InChI is InChI=1S/C20H21FN2O4S/c1-11(18(25)23-15-9-5-4-8-14(15)21)27-20(26)17-13-7-3-6-10-16(13)28-19(17)22-12(2)24/h4-5,8-9,11H,3,6-7,10H2,1-2H3,(H,22,24)(H,23,25)/t11-/m1/s1. The van der Waals surface area contributed by atoms with E-state index in [4.69, 9.17) is 4.74 Å². The Morgan fingerprint density at radius 2 is 1.86 bits per heavy atom. The SMILES string of the molecule is CC(=O)Nc1sc2c(c1C(=O)O[C@H](C)C(=O)Nc1ccccc1F)CCCC2. The fraction of sp³-hybridized carbons (Fsp3) is 0.350. The summed E-state index contributed by atoms with van der Waals surface area (Å²) in [5.74, 6) is -2.16. The number of nitrogens with one attached hydrogen (secondary N) is 2. The molecule has 0 spiro atoms. The van der Waals surface area contributed by atoms with Gasteiger partial charge in [-0.1, -0.05) is 12.1 Å². The Balaban J connectivity index is 1.76. The minimum Gasteiger partial charge on any atom is -0.449 e. The van der Waals surface area contributed by atoms with Crippen LogP contribution in [0.4, 0.5) is 15.1 Å². The van der Waals surface area contributed by atoms with Gasteiger partial charge in [0.15, 0.2) is 6.10 Å². The van der Waals surface area contributed by atoms with Gasteiger partial charge in [0, 0.05) is 11.8 Å². The number of fused-ring (bicyclic) bond motifs is 1. The van der Waals surface area contributed by atoms with Gasteiger partial charge in [0.25, 0.3) is 5.91 Å². The summed E-state index contributed by atoms with van der Waals surface area (Å²) < 4.78 is 19.0. The summed E-state index contributed by atoms with van der Waals surface area (Å²) in [4.78, 5) is 37.7. The van der Waals surface area contributed by atoms with Crippen LogP contribution in [-0.2, 0) is 27.2 Å². The van der Waals surface area contributed by atoms with E-state index < -0.39 is 23.8 Å². The van der Waals surface area contributed by atoms with Crippen LogP contribution in [0.15, 0.2) is 24.3 Å². The lowest BCUT2D eigenvalue weighted by Gasteiger charge is -2.16. The molecule has 0 aliphatic heterocycles. The Kier molecular flexibility index (Phi) is 6.08. The van der Waals surface area contributed by atoms with Crippen molar-refractivity contribution in [3.05, 3.63) is 46.1 Å². The van der Waals surface area contributed by atoms with Gasteiger partial charge in [0.1, 0.15) is 10.8 Å². The van der Waals surface area contributed by atoms with Gasteiger partial charge in [-0.05, 0) is 50.3 Å². The number of halogens is 1. The van der Waals surface area contributed by atoms with Crippen LogP contribution in [0.2, 0.25) is 0 Å². The number of benzene rings is 1. The maximum atomic E-state index is 13.7. The molecule has 28 heavy (non-hydrogen) atoms. The molecule has 0 bridgehead atoms. The highest BCUT2D eigenvalue weighted by molar-refractivity contribution is 7.17. The third-order valence-electron chi connectivity index (χ3n) is 4.45. The number of carbonyl (C=O) groups is 3. The van der Waals surface area contributed by atoms with Gasteiger partial charge in [0.2, 0.25) is 5.91 Å². The monoisotopic (exact) mass is 404 g/mol. The van der Waals surface area contributed by atoms with Crippen molar-refractivity contribution in [3.63, 3.8) is 0 Å². The Bertz CT molecular complexity index is 925. The number of hydrogen-bond donors (Lipinski definition) is 2. The van der Waals surface area contributed by atoms with Crippen LogP contribution in [0.25, 0.3) is 0 Å². The molecule has 2 amide bonds. The lowest BCUT2D eigenvalue weighted by atomic mass is 9.95. The van der Waals surface area contributed by atoms with Gasteiger partial charge in [-0.25, -0.2) is 9.18 Å². The molecule has 148 valence electrons. The fourth-order valence-corrected chi connectivity index (χ4v) is 4.42. The molecule has 1 atom stereocenters. The van der Waals surface area contributed by atoms with Gasteiger partial charge in [-0.3, -0.25) is 9.59 Å². The van der Waals surface area contributed by atoms with Crippen LogP contribution < -0.4 is 10.6 Å². The number of anilines is 2. The Morgan fingerprint density at radius 1 is 1.14 bits per heavy atom. The number of rotatable bonds is 5. The second kappa shape index (κ2) is 8.52. The highest BCUT2D eigenvalue weighted by Gasteiger charge is 2.29. The molecule has 0 saturated heterocycles. The van der Waals surface area contributed by atoms with Crippen molar-refractivity contribution in [1.82, 2.24) is 0 Å². The average Bonchev–Trinajstić information content (AvgIpc) is 3.00. The molecule has 2 N–H and O–H groups in total. The maximum Gasteiger partial charge on any atom is 0.342 e. The molecule has 0 saturated carbocycles. The molecule has 0 fully saturated rings. The van der Waals surface area contributed by atoms with Crippen molar-refractivity contribution in [1.29, 1.82) is 0 Å². The third kappa shape index (κ3) is 4.39. The van der Waals surface area contributed by atoms with Crippen LogP contribution in [0.5, 0.6) is 0 Å². The summed E-state index contributed by atoms with van der Waals surface area (Å²) in [6.45, 7) is 2.79. The van der Waals surface area contributed by atoms with Crippen LogP contribution in [0, 0.1) is 5.82 Å². The topological polar surface area (TPSA) is 84.5 Å². The van der Waals surface area contributed by atoms with E-state index in [0.29, 0.717) is 10.6 Å². The van der Waals surface area contributed by atoms with Gasteiger partial charge in [-0.15, -0.1) is 11.3 Å². The second-order valence-electron chi connectivity index (χ2n) is 6.61. The molecule has 1 aromatic carbocycles. The molecule has 1 heterocycles. The van der Waals surface area contributed by atoms with E-state index in [9.17, 15) is 18.8 Å². The smallest absolute Gasteiger partial charge is 0.342 e. The molecule has 1 aliphatic rings. The van der Waals surface area contributed by atoms with E-state index in [1.54, 1.807) is 6.07 Å². The van der Waals surface area contributed by atoms with Crippen LogP contribution >= 0.6 is 11.3 Å². The molecule has 8 heteroatoms. The van der Waals surface area contributed by atoms with Gasteiger partial charge in [-0.2, -0.15) is 0 Å². The predicted octanol–water partition coefficient (Wildman–Crippen LogP) is 3.91. The fourth-order valence-electron chi connectivity index (χ4n) is 3.10. The maximum absolute atomic E-state index is 13.7. The Hall–Kier alpha value is -2.74. The minimum absolute atomic E-state index is 0.0160. The first-order valence-corrected chi connectivity index (χ1v) is 9.87. The number of para-hydroxylation sites is 1. The number of thiophene rings is 1. The van der Waals surface area contributed by atoms with E-state index in [0.717, 1.165) is 36.1 Å². The molecule has 0 radical (unpaired) electrons. The van der Waals surface area contributed by atoms with E-state index in [1.165, 1.54) is 43.4 Å². The van der Waals surface area contributed by atoms with Gasteiger partial charge < -0.3 is 15.4 Å². The van der Waals surface area contributed by atoms with Crippen molar-refractivity contribution < 1.29 is 23.5 Å². The Morgan fingerprint density at radius 3 is 2.57 bits per heavy atom. The number of aryl methyl sites for hydroxylation is 1. The molecule has 3 rings (SSSR count). The summed E-state index contributed by atoms with van der Waals surface area (Å²) in [6.07, 6.45) is 2.43. The first-order chi connectivity index (χ1) is 13.4. The predicted molar refractivity (Wildman–Crippen MR) is 105 cm³/mol. The summed E-state index contributed by atoms with van der Waals surface area (Å²) in [7, 11) is 0. The zero-order valence-electron chi connectivity index (χ0n) is 15.6. The van der Waals surface area contributed by atoms with Crippen molar-refractivity contribution in [2.75, 3.05) is 10.6 Å². The van der Waals surface area contributed by atoms with Gasteiger partial charge >= 0.3 is 5.97 Å². The lowest BCUT2D eigenvalue weighted by Crippen LogP contribution is -2.30. The molecular formula is C20H21FN2O4S. The normalized spacial score (nSPS) is 14.0. The lowest BCUT2D eigenvalue weighted by molar-refractivity contribution is -0.123. The summed E-state index contributed by atoms with van der Waals surface area (Å²) in [6, 6.07) is 5.75. The molecule has 1 aliphatic carbocycles. The highest BCUT2D eigenvalue weighted by atomic mass is 32.1. The van der Waals surface area contributed by atoms with Gasteiger partial charge in [0.05, 0.1) is 11.3 Å². The van der Waals surface area contributed by atoms with Crippen LogP contribution in [0.1, 0.15) is 47.5 Å². The highest BCUT2D eigenvalue weighted by Crippen LogP contribution is 2.38. The van der Waals surface area contributed by atoms with E-state index in [1.807, 2.05) is 0 Å². The molecule has 0 unspecified atom stereocenters. The number of carbonyl (C=O) groups excluding carboxylic acids is 3. The minimum atomic E-state index is -1.13. The van der Waals surface area contributed by atoms with E-state index in [-0.39, 0.29) is 11.6 Å². The largest absolute Gasteiger partial charge is 0.449 e. The van der Waals surface area contributed by atoms with Crippen molar-refractivity contribution >= 4 is 39.8 Å². The van der Waals surface area contributed by atoms with Crippen molar-refractivity contribution in [2.45, 2.75) is 45.6 Å². The average molecular weight is 404 g/mol. The van der Waals surface area contributed by atoms with Crippen molar-refractivity contribution in [2.24, 2.45) is 0 Å². The quantitative estimate of drug-likeness (QED) is 0.740. The number of hydrogen-bond acceptors (Lipinski definition) is 5. The molecular weight excluding hydrogens is 383 g/mol. The molecule has 2 aromatic rings. The van der Waals surface area contributed by atoms with Crippen molar-refractivity contribution in [3.8, 4) is 0 Å². The summed E-state index contributed by atoms with van der Waals surface area (Å²) in [5, 5.41) is 5.55. The first kappa shape index (κ1) is 20.0. The summed E-state index contributed by atoms with van der Waals surface area (Å²) >= 11 is 1.38.